The van der Waals surface area contributed by atoms with Crippen molar-refractivity contribution < 1.29 is 0 Å². The van der Waals surface area contributed by atoms with Crippen LogP contribution in [-0.4, -0.2) is 0 Å². The molecule has 6 rings (SSSR count). The molecular formula is C36H51N. The van der Waals surface area contributed by atoms with Crippen molar-refractivity contribution >= 4 is 11.4 Å². The summed E-state index contributed by atoms with van der Waals surface area (Å²) in [5, 5.41) is 4.02. The first-order valence-electron chi connectivity index (χ1n) is 16.4. The Morgan fingerprint density at radius 3 is 0.811 bits per heavy atom. The molecule has 4 saturated carbocycles. The Hall–Kier alpha value is -1.76. The fourth-order valence-electron chi connectivity index (χ4n) is 8.35. The lowest BCUT2D eigenvalue weighted by Crippen LogP contribution is -2.10. The molecule has 0 atom stereocenters. The largest absolute Gasteiger partial charge is 0.355 e. The number of hydrogen-bond donors (Lipinski definition) is 1. The zero-order valence-corrected chi connectivity index (χ0v) is 23.4. The number of nitrogens with one attached hydrogen (secondary N) is 1. The summed E-state index contributed by atoms with van der Waals surface area (Å²) in [6.07, 6.45) is 28.1. The predicted octanol–water partition coefficient (Wildman–Crippen LogP) is 11.6. The zero-order chi connectivity index (χ0) is 24.9. The van der Waals surface area contributed by atoms with E-state index in [2.05, 4.69) is 41.7 Å². The first-order valence-corrected chi connectivity index (χ1v) is 16.4. The van der Waals surface area contributed by atoms with Crippen LogP contribution in [0.2, 0.25) is 0 Å². The molecule has 4 fully saturated rings. The molecule has 1 N–H and O–H groups in total. The molecule has 0 spiro atoms. The Kier molecular flexibility index (Phi) is 8.55. The van der Waals surface area contributed by atoms with E-state index in [0.29, 0.717) is 0 Å². The van der Waals surface area contributed by atoms with Crippen molar-refractivity contribution in [1.29, 1.82) is 0 Å². The van der Waals surface area contributed by atoms with Gasteiger partial charge in [-0.15, -0.1) is 0 Å². The van der Waals surface area contributed by atoms with Crippen LogP contribution in [0.5, 0.6) is 0 Å². The van der Waals surface area contributed by atoms with Gasteiger partial charge in [0.15, 0.2) is 0 Å². The van der Waals surface area contributed by atoms with Gasteiger partial charge in [-0.25, -0.2) is 0 Å². The average Bonchev–Trinajstić information content (AvgIpc) is 2.99. The van der Waals surface area contributed by atoms with E-state index < -0.39 is 0 Å². The summed E-state index contributed by atoms with van der Waals surface area (Å²) in [5.74, 6) is 3.07. The average molecular weight is 498 g/mol. The Morgan fingerprint density at radius 1 is 0.324 bits per heavy atom. The highest BCUT2D eigenvalue weighted by molar-refractivity contribution is 5.64. The Bertz CT molecular complexity index is 843. The quantitative estimate of drug-likeness (QED) is 0.418. The molecule has 2 aromatic rings. The lowest BCUT2D eigenvalue weighted by molar-refractivity contribution is 0.435. The Balaban J connectivity index is 1.32. The van der Waals surface area contributed by atoms with Crippen molar-refractivity contribution in [3.8, 4) is 0 Å². The minimum absolute atomic E-state index is 0.768. The molecule has 0 aromatic heterocycles. The summed E-state index contributed by atoms with van der Waals surface area (Å²) in [4.78, 5) is 0. The smallest absolute Gasteiger partial charge is 0.0389 e. The molecular weight excluding hydrogens is 446 g/mol. The number of rotatable bonds is 6. The van der Waals surface area contributed by atoms with Crippen LogP contribution >= 0.6 is 0 Å². The lowest BCUT2D eigenvalue weighted by Gasteiger charge is -2.28. The molecule has 0 saturated heterocycles. The van der Waals surface area contributed by atoms with Crippen molar-refractivity contribution in [2.75, 3.05) is 5.32 Å². The second-order valence-corrected chi connectivity index (χ2v) is 13.2. The van der Waals surface area contributed by atoms with Crippen LogP contribution in [0.25, 0.3) is 0 Å². The third kappa shape index (κ3) is 6.46. The zero-order valence-electron chi connectivity index (χ0n) is 23.4. The number of anilines is 2. The summed E-state index contributed by atoms with van der Waals surface area (Å²) in [6.45, 7) is 0. The van der Waals surface area contributed by atoms with Crippen molar-refractivity contribution in [1.82, 2.24) is 0 Å². The van der Waals surface area contributed by atoms with E-state index in [1.807, 2.05) is 0 Å². The summed E-state index contributed by atoms with van der Waals surface area (Å²) in [7, 11) is 0. The number of hydrogen-bond acceptors (Lipinski definition) is 1. The second kappa shape index (κ2) is 12.4. The van der Waals surface area contributed by atoms with Gasteiger partial charge in [0, 0.05) is 11.4 Å². The Morgan fingerprint density at radius 2 is 0.568 bits per heavy atom. The molecule has 4 aliphatic carbocycles. The normalized spacial score (nSPS) is 23.2. The van der Waals surface area contributed by atoms with E-state index in [1.165, 1.54) is 140 Å². The maximum atomic E-state index is 4.02. The van der Waals surface area contributed by atoms with Crippen molar-refractivity contribution in [3.05, 3.63) is 58.7 Å². The highest BCUT2D eigenvalue weighted by Crippen LogP contribution is 2.42. The first-order chi connectivity index (χ1) is 18.3. The van der Waals surface area contributed by atoms with Crippen LogP contribution in [0.3, 0.4) is 0 Å². The third-order valence-corrected chi connectivity index (χ3v) is 10.6. The van der Waals surface area contributed by atoms with Crippen LogP contribution in [0.4, 0.5) is 11.4 Å². The van der Waals surface area contributed by atoms with E-state index in [9.17, 15) is 0 Å². The molecule has 1 heteroatoms. The van der Waals surface area contributed by atoms with Gasteiger partial charge in [0.2, 0.25) is 0 Å². The van der Waals surface area contributed by atoms with Crippen LogP contribution < -0.4 is 5.32 Å². The molecule has 0 heterocycles. The lowest BCUT2D eigenvalue weighted by atomic mass is 9.79. The first kappa shape index (κ1) is 25.5. The van der Waals surface area contributed by atoms with Gasteiger partial charge in [-0.3, -0.25) is 0 Å². The maximum Gasteiger partial charge on any atom is 0.0389 e. The molecule has 2 aromatic carbocycles. The molecule has 200 valence electrons. The molecule has 0 aliphatic heterocycles. The summed E-state index contributed by atoms with van der Waals surface area (Å²) >= 11 is 0. The highest BCUT2D eigenvalue weighted by atomic mass is 14.9. The molecule has 0 radical (unpaired) electrons. The maximum absolute atomic E-state index is 4.02. The fourth-order valence-corrected chi connectivity index (χ4v) is 8.35. The van der Waals surface area contributed by atoms with Crippen molar-refractivity contribution in [2.24, 2.45) is 0 Å². The fraction of sp³-hybridized carbons (Fsp3) is 0.667. The van der Waals surface area contributed by atoms with Gasteiger partial charge < -0.3 is 5.32 Å². The minimum Gasteiger partial charge on any atom is -0.355 e. The van der Waals surface area contributed by atoms with E-state index in [1.54, 1.807) is 22.3 Å². The van der Waals surface area contributed by atoms with Crippen molar-refractivity contribution in [2.45, 2.75) is 152 Å². The van der Waals surface area contributed by atoms with E-state index in [-0.39, 0.29) is 0 Å². The van der Waals surface area contributed by atoms with Crippen LogP contribution in [0.15, 0.2) is 36.4 Å². The van der Waals surface area contributed by atoms with E-state index >= 15 is 0 Å². The van der Waals surface area contributed by atoms with Gasteiger partial charge >= 0.3 is 0 Å². The predicted molar refractivity (Wildman–Crippen MR) is 159 cm³/mol. The molecule has 4 aliphatic rings. The summed E-state index contributed by atoms with van der Waals surface area (Å²) in [6, 6.07) is 15.4. The SMILES string of the molecule is c1c(Nc2cc(C3CCCCC3)cc(C3CCCCC3)c2)cc(C2CCCCC2)cc1C1CCCCC1. The van der Waals surface area contributed by atoms with Crippen LogP contribution in [-0.2, 0) is 0 Å². The van der Waals surface area contributed by atoms with Gasteiger partial charge in [0.05, 0.1) is 0 Å². The topological polar surface area (TPSA) is 12.0 Å². The Labute approximate surface area is 227 Å². The van der Waals surface area contributed by atoms with E-state index in [0.717, 1.165) is 23.7 Å². The molecule has 0 bridgehead atoms. The minimum atomic E-state index is 0.768. The van der Waals surface area contributed by atoms with Gasteiger partial charge in [-0.2, -0.15) is 0 Å². The highest BCUT2D eigenvalue weighted by Gasteiger charge is 2.23. The molecule has 0 unspecified atom stereocenters. The molecule has 1 nitrogen and oxygen atoms in total. The van der Waals surface area contributed by atoms with Crippen LogP contribution in [0, 0.1) is 0 Å². The van der Waals surface area contributed by atoms with Crippen molar-refractivity contribution in [3.63, 3.8) is 0 Å². The standard InChI is InChI=1S/C36H51N/c1-5-13-27(14-6-1)31-21-32(28-15-7-2-8-16-28)24-35(23-31)37-36-25-33(29-17-9-3-10-18-29)22-34(26-36)30-19-11-4-12-20-30/h21-30,37H,1-20H2. The van der Waals surface area contributed by atoms with Gasteiger partial charge in [0.25, 0.3) is 0 Å². The van der Waals surface area contributed by atoms with Crippen LogP contribution in [0.1, 0.15) is 174 Å². The third-order valence-electron chi connectivity index (χ3n) is 10.6. The second-order valence-electron chi connectivity index (χ2n) is 13.2. The monoisotopic (exact) mass is 497 g/mol. The van der Waals surface area contributed by atoms with Gasteiger partial charge in [-0.05, 0) is 122 Å². The molecule has 0 amide bonds. The van der Waals surface area contributed by atoms with Gasteiger partial charge in [-0.1, -0.05) is 89.2 Å². The number of benzene rings is 2. The summed E-state index contributed by atoms with van der Waals surface area (Å²) in [5.41, 5.74) is 9.22. The summed E-state index contributed by atoms with van der Waals surface area (Å²) < 4.78 is 0. The van der Waals surface area contributed by atoms with Gasteiger partial charge in [0.1, 0.15) is 0 Å². The van der Waals surface area contributed by atoms with E-state index in [4.69, 9.17) is 0 Å². The molecule has 37 heavy (non-hydrogen) atoms.